The van der Waals surface area contributed by atoms with E-state index in [0.717, 1.165) is 14.6 Å². The molecular formula is C17H14BrN3O3. The number of H-pyrrole nitrogens is 1. The number of aromatic nitrogens is 2. The van der Waals surface area contributed by atoms with Crippen molar-refractivity contribution in [3.8, 4) is 0 Å². The molecule has 1 heterocycles. The maximum atomic E-state index is 12.4. The van der Waals surface area contributed by atoms with Crippen LogP contribution in [0.5, 0.6) is 0 Å². The summed E-state index contributed by atoms with van der Waals surface area (Å²) in [5.41, 5.74) is 0.970. The number of carbonyl (C=O) groups excluding carboxylic acids is 1. The quantitative estimate of drug-likeness (QED) is 0.723. The Hall–Kier alpha value is -2.67. The molecule has 2 N–H and O–H groups in total. The van der Waals surface area contributed by atoms with Crippen molar-refractivity contribution in [2.45, 2.75) is 13.5 Å². The average Bonchev–Trinajstić information content (AvgIpc) is 2.55. The Morgan fingerprint density at radius 1 is 1.21 bits per heavy atom. The number of hydrogen-bond acceptors (Lipinski definition) is 3. The number of nitrogens with one attached hydrogen (secondary N) is 2. The Kier molecular flexibility index (Phi) is 4.35. The summed E-state index contributed by atoms with van der Waals surface area (Å²) in [7, 11) is 0. The molecule has 0 spiro atoms. The molecule has 24 heavy (non-hydrogen) atoms. The van der Waals surface area contributed by atoms with E-state index in [0.29, 0.717) is 16.6 Å². The minimum atomic E-state index is -0.612. The molecule has 0 radical (unpaired) electrons. The third-order valence-corrected chi connectivity index (χ3v) is 4.50. The predicted molar refractivity (Wildman–Crippen MR) is 96.3 cm³/mol. The number of amides is 1. The van der Waals surface area contributed by atoms with Gasteiger partial charge < -0.3 is 10.3 Å². The molecule has 122 valence electrons. The zero-order chi connectivity index (χ0) is 17.3. The van der Waals surface area contributed by atoms with E-state index in [1.54, 1.807) is 36.4 Å². The number of benzene rings is 2. The Morgan fingerprint density at radius 3 is 2.71 bits per heavy atom. The number of carbonyl (C=O) groups is 1. The average molecular weight is 388 g/mol. The minimum absolute atomic E-state index is 0.357. The zero-order valence-electron chi connectivity index (χ0n) is 12.8. The molecule has 0 atom stereocenters. The van der Waals surface area contributed by atoms with Crippen LogP contribution in [-0.4, -0.2) is 15.5 Å². The van der Waals surface area contributed by atoms with Crippen LogP contribution in [0.3, 0.4) is 0 Å². The molecule has 0 aliphatic rings. The lowest BCUT2D eigenvalue weighted by molar-refractivity contribution is -0.116. The Labute approximate surface area is 145 Å². The van der Waals surface area contributed by atoms with E-state index < -0.39 is 17.2 Å². The minimum Gasteiger partial charge on any atom is -0.324 e. The van der Waals surface area contributed by atoms with Crippen LogP contribution in [-0.2, 0) is 11.3 Å². The highest BCUT2D eigenvalue weighted by molar-refractivity contribution is 9.10. The molecule has 0 aliphatic carbocycles. The summed E-state index contributed by atoms with van der Waals surface area (Å²) in [4.78, 5) is 39.2. The summed E-state index contributed by atoms with van der Waals surface area (Å²) < 4.78 is 1.75. The lowest BCUT2D eigenvalue weighted by Crippen LogP contribution is -2.38. The van der Waals surface area contributed by atoms with Crippen LogP contribution < -0.4 is 16.6 Å². The van der Waals surface area contributed by atoms with Crippen LogP contribution in [0.4, 0.5) is 5.69 Å². The molecule has 0 bridgehead atoms. The van der Waals surface area contributed by atoms with Crippen LogP contribution in [0.25, 0.3) is 10.9 Å². The van der Waals surface area contributed by atoms with Crippen molar-refractivity contribution in [3.05, 3.63) is 73.3 Å². The number of para-hydroxylation sites is 1. The zero-order valence-corrected chi connectivity index (χ0v) is 14.4. The van der Waals surface area contributed by atoms with E-state index in [1.807, 2.05) is 13.0 Å². The van der Waals surface area contributed by atoms with Gasteiger partial charge in [0, 0.05) is 10.2 Å². The molecule has 0 saturated heterocycles. The molecule has 0 unspecified atom stereocenters. The van der Waals surface area contributed by atoms with Crippen molar-refractivity contribution < 1.29 is 4.79 Å². The standard InChI is InChI=1S/C17H14BrN3O3/c1-10-6-7-11(8-13(10)18)19-15(22)9-21-16(23)12-4-2-3-5-14(12)20-17(21)24/h2-8H,9H2,1H3,(H,19,22)(H,20,24). The first-order valence-electron chi connectivity index (χ1n) is 7.23. The summed E-state index contributed by atoms with van der Waals surface area (Å²) in [5, 5.41) is 3.04. The summed E-state index contributed by atoms with van der Waals surface area (Å²) in [6.07, 6.45) is 0. The lowest BCUT2D eigenvalue weighted by atomic mass is 10.2. The van der Waals surface area contributed by atoms with Gasteiger partial charge in [0.1, 0.15) is 6.54 Å². The van der Waals surface area contributed by atoms with E-state index in [-0.39, 0.29) is 6.54 Å². The van der Waals surface area contributed by atoms with Gasteiger partial charge in [-0.2, -0.15) is 0 Å². The number of halogens is 1. The second-order valence-electron chi connectivity index (χ2n) is 5.38. The third-order valence-electron chi connectivity index (χ3n) is 3.65. The summed E-state index contributed by atoms with van der Waals surface area (Å²) in [6.45, 7) is 1.58. The van der Waals surface area contributed by atoms with E-state index in [4.69, 9.17) is 0 Å². The molecule has 3 aromatic rings. The number of hydrogen-bond donors (Lipinski definition) is 2. The first-order valence-corrected chi connectivity index (χ1v) is 8.03. The highest BCUT2D eigenvalue weighted by Crippen LogP contribution is 2.20. The summed E-state index contributed by atoms with van der Waals surface area (Å²) in [6, 6.07) is 12.1. The first-order chi connectivity index (χ1) is 11.5. The highest BCUT2D eigenvalue weighted by atomic mass is 79.9. The maximum Gasteiger partial charge on any atom is 0.329 e. The number of fused-ring (bicyclic) bond motifs is 1. The topological polar surface area (TPSA) is 84.0 Å². The van der Waals surface area contributed by atoms with Gasteiger partial charge in [-0.3, -0.25) is 14.2 Å². The van der Waals surface area contributed by atoms with Gasteiger partial charge in [0.05, 0.1) is 10.9 Å². The van der Waals surface area contributed by atoms with Crippen molar-refractivity contribution in [1.82, 2.24) is 9.55 Å². The van der Waals surface area contributed by atoms with E-state index in [1.165, 1.54) is 0 Å². The molecule has 7 heteroatoms. The number of rotatable bonds is 3. The molecular weight excluding hydrogens is 374 g/mol. The van der Waals surface area contributed by atoms with Gasteiger partial charge in [-0.25, -0.2) is 4.79 Å². The molecule has 0 aliphatic heterocycles. The summed E-state index contributed by atoms with van der Waals surface area (Å²) in [5.74, 6) is -0.450. The summed E-state index contributed by atoms with van der Waals surface area (Å²) >= 11 is 3.39. The SMILES string of the molecule is Cc1ccc(NC(=O)Cn2c(=O)[nH]c3ccccc3c2=O)cc1Br. The Bertz CT molecular complexity index is 1050. The Morgan fingerprint density at radius 2 is 1.96 bits per heavy atom. The van der Waals surface area contributed by atoms with E-state index >= 15 is 0 Å². The van der Waals surface area contributed by atoms with Gasteiger partial charge in [-0.05, 0) is 36.8 Å². The van der Waals surface area contributed by atoms with Crippen molar-refractivity contribution in [1.29, 1.82) is 0 Å². The van der Waals surface area contributed by atoms with Crippen LogP contribution in [0.2, 0.25) is 0 Å². The van der Waals surface area contributed by atoms with Gasteiger partial charge in [0.2, 0.25) is 5.91 Å². The van der Waals surface area contributed by atoms with Gasteiger partial charge in [0.25, 0.3) is 5.56 Å². The second kappa shape index (κ2) is 6.45. The van der Waals surface area contributed by atoms with Crippen molar-refractivity contribution >= 4 is 38.4 Å². The van der Waals surface area contributed by atoms with Gasteiger partial charge in [-0.1, -0.05) is 34.1 Å². The Balaban J connectivity index is 1.89. The largest absolute Gasteiger partial charge is 0.329 e. The predicted octanol–water partition coefficient (Wildman–Crippen LogP) is 2.40. The van der Waals surface area contributed by atoms with E-state index in [2.05, 4.69) is 26.2 Å². The van der Waals surface area contributed by atoms with Crippen LogP contribution in [0.15, 0.2) is 56.5 Å². The smallest absolute Gasteiger partial charge is 0.324 e. The second-order valence-corrected chi connectivity index (χ2v) is 6.23. The fourth-order valence-electron chi connectivity index (χ4n) is 2.36. The fraction of sp³-hybridized carbons (Fsp3) is 0.118. The lowest BCUT2D eigenvalue weighted by Gasteiger charge is -2.09. The molecule has 2 aromatic carbocycles. The maximum absolute atomic E-state index is 12.4. The number of nitrogens with zero attached hydrogens (tertiary/aromatic N) is 1. The van der Waals surface area contributed by atoms with Crippen LogP contribution in [0.1, 0.15) is 5.56 Å². The van der Waals surface area contributed by atoms with Gasteiger partial charge in [-0.15, -0.1) is 0 Å². The highest BCUT2D eigenvalue weighted by Gasteiger charge is 2.11. The normalized spacial score (nSPS) is 10.8. The van der Waals surface area contributed by atoms with E-state index in [9.17, 15) is 14.4 Å². The number of aryl methyl sites for hydroxylation is 1. The molecule has 1 amide bonds. The monoisotopic (exact) mass is 387 g/mol. The van der Waals surface area contributed by atoms with Crippen molar-refractivity contribution in [2.75, 3.05) is 5.32 Å². The number of aromatic amines is 1. The van der Waals surface area contributed by atoms with Gasteiger partial charge in [0.15, 0.2) is 0 Å². The number of anilines is 1. The molecule has 0 fully saturated rings. The molecule has 0 saturated carbocycles. The van der Waals surface area contributed by atoms with Crippen LogP contribution in [0, 0.1) is 6.92 Å². The van der Waals surface area contributed by atoms with Crippen molar-refractivity contribution in [3.63, 3.8) is 0 Å². The molecule has 3 rings (SSSR count). The third kappa shape index (κ3) is 3.16. The van der Waals surface area contributed by atoms with Crippen LogP contribution >= 0.6 is 15.9 Å². The van der Waals surface area contributed by atoms with Crippen molar-refractivity contribution in [2.24, 2.45) is 0 Å². The molecule has 6 nitrogen and oxygen atoms in total. The molecule has 1 aromatic heterocycles. The van der Waals surface area contributed by atoms with Gasteiger partial charge >= 0.3 is 5.69 Å². The first kappa shape index (κ1) is 16.2. The fourth-order valence-corrected chi connectivity index (χ4v) is 2.74.